The van der Waals surface area contributed by atoms with Crippen LogP contribution in [-0.2, 0) is 9.59 Å². The molecule has 0 saturated heterocycles. The maximum Gasteiger partial charge on any atom is 0.331 e. The molecule has 1 rings (SSSR count). The first-order valence-electron chi connectivity index (χ1n) is 6.11. The van der Waals surface area contributed by atoms with Crippen LogP contribution in [-0.4, -0.2) is 23.5 Å². The average Bonchev–Trinajstić information content (AvgIpc) is 3.04. The Morgan fingerprint density at radius 1 is 1.24 bits per heavy atom. The number of amides is 1. The fraction of sp³-hybridized carbons (Fsp3) is 0.692. The number of carbonyl (C=O) groups is 2. The lowest BCUT2D eigenvalue weighted by atomic mass is 10.0. The van der Waals surface area contributed by atoms with Crippen molar-refractivity contribution in [3.63, 3.8) is 0 Å². The fourth-order valence-electron chi connectivity index (χ4n) is 1.95. The van der Waals surface area contributed by atoms with Gasteiger partial charge in [0.05, 0.1) is 0 Å². The highest BCUT2D eigenvalue weighted by Crippen LogP contribution is 2.48. The standard InChI is InChI=1S/C13H21NO3/c1-4-5-13(6-7-13)8-14-11(15)9(2)10(3)12(16)17/h4-8H2,1-3H3,(H,14,15)(H,16,17). The van der Waals surface area contributed by atoms with Crippen molar-refractivity contribution < 1.29 is 14.7 Å². The second kappa shape index (κ2) is 5.34. The van der Waals surface area contributed by atoms with Crippen LogP contribution >= 0.6 is 0 Å². The third-order valence-corrected chi connectivity index (χ3v) is 3.59. The molecule has 0 heterocycles. The number of aliphatic carboxylic acids is 1. The SMILES string of the molecule is CCCC1(CNC(=O)C(C)=C(C)C(=O)O)CC1. The van der Waals surface area contributed by atoms with Crippen molar-refractivity contribution >= 4 is 11.9 Å². The van der Waals surface area contributed by atoms with Gasteiger partial charge in [-0.3, -0.25) is 4.79 Å². The first-order valence-corrected chi connectivity index (χ1v) is 6.11. The zero-order valence-electron chi connectivity index (χ0n) is 10.8. The van der Waals surface area contributed by atoms with E-state index in [0.29, 0.717) is 17.5 Å². The Morgan fingerprint density at radius 3 is 2.24 bits per heavy atom. The summed E-state index contributed by atoms with van der Waals surface area (Å²) in [7, 11) is 0. The number of hydrogen-bond acceptors (Lipinski definition) is 2. The van der Waals surface area contributed by atoms with Crippen LogP contribution in [0.5, 0.6) is 0 Å². The van der Waals surface area contributed by atoms with Gasteiger partial charge in [-0.1, -0.05) is 13.3 Å². The molecule has 0 spiro atoms. The van der Waals surface area contributed by atoms with Crippen LogP contribution in [0.15, 0.2) is 11.1 Å². The highest BCUT2D eigenvalue weighted by atomic mass is 16.4. The van der Waals surface area contributed by atoms with Gasteiger partial charge < -0.3 is 10.4 Å². The largest absolute Gasteiger partial charge is 0.478 e. The van der Waals surface area contributed by atoms with Gasteiger partial charge in [0.15, 0.2) is 0 Å². The summed E-state index contributed by atoms with van der Waals surface area (Å²) in [6.07, 6.45) is 4.59. The molecule has 0 unspecified atom stereocenters. The highest BCUT2D eigenvalue weighted by molar-refractivity contribution is 6.01. The number of carbonyl (C=O) groups excluding carboxylic acids is 1. The third kappa shape index (κ3) is 3.58. The lowest BCUT2D eigenvalue weighted by Crippen LogP contribution is -2.31. The van der Waals surface area contributed by atoms with Gasteiger partial charge >= 0.3 is 5.97 Å². The van der Waals surface area contributed by atoms with Gasteiger partial charge in [-0.2, -0.15) is 0 Å². The molecule has 0 atom stereocenters. The molecule has 2 N–H and O–H groups in total. The maximum absolute atomic E-state index is 11.7. The summed E-state index contributed by atoms with van der Waals surface area (Å²) in [4.78, 5) is 22.5. The van der Waals surface area contributed by atoms with Crippen LogP contribution in [0.4, 0.5) is 0 Å². The molecule has 0 aromatic carbocycles. The normalized spacial score (nSPS) is 18.3. The summed E-state index contributed by atoms with van der Waals surface area (Å²) >= 11 is 0. The van der Waals surface area contributed by atoms with E-state index in [9.17, 15) is 9.59 Å². The van der Waals surface area contributed by atoms with Crippen molar-refractivity contribution in [2.75, 3.05) is 6.54 Å². The van der Waals surface area contributed by atoms with E-state index in [1.54, 1.807) is 6.92 Å². The van der Waals surface area contributed by atoms with E-state index in [0.717, 1.165) is 12.8 Å². The molecule has 1 amide bonds. The van der Waals surface area contributed by atoms with Gasteiger partial charge in [0, 0.05) is 17.7 Å². The minimum atomic E-state index is -1.03. The van der Waals surface area contributed by atoms with E-state index in [1.165, 1.54) is 19.8 Å². The van der Waals surface area contributed by atoms with Crippen LogP contribution < -0.4 is 5.32 Å². The van der Waals surface area contributed by atoms with Crippen LogP contribution in [0, 0.1) is 5.41 Å². The first kappa shape index (κ1) is 13.7. The molecule has 1 saturated carbocycles. The molecule has 4 heteroatoms. The van der Waals surface area contributed by atoms with Crippen molar-refractivity contribution in [2.24, 2.45) is 5.41 Å². The Labute approximate surface area is 102 Å². The monoisotopic (exact) mass is 239 g/mol. The third-order valence-electron chi connectivity index (χ3n) is 3.59. The molecule has 4 nitrogen and oxygen atoms in total. The molecular weight excluding hydrogens is 218 g/mol. The van der Waals surface area contributed by atoms with E-state index in [2.05, 4.69) is 12.2 Å². The van der Waals surface area contributed by atoms with Gasteiger partial charge in [0.2, 0.25) is 5.91 Å². The molecule has 0 aromatic rings. The molecule has 0 radical (unpaired) electrons. The number of rotatable bonds is 6. The zero-order chi connectivity index (χ0) is 13.1. The quantitative estimate of drug-likeness (QED) is 0.697. The van der Waals surface area contributed by atoms with Gasteiger partial charge in [-0.15, -0.1) is 0 Å². The second-order valence-electron chi connectivity index (χ2n) is 4.99. The van der Waals surface area contributed by atoms with Crippen LogP contribution in [0.25, 0.3) is 0 Å². The summed E-state index contributed by atoms with van der Waals surface area (Å²) in [5, 5.41) is 11.6. The summed E-state index contributed by atoms with van der Waals surface area (Å²) in [6, 6.07) is 0. The van der Waals surface area contributed by atoms with Crippen LogP contribution in [0.3, 0.4) is 0 Å². The Balaban J connectivity index is 2.51. The molecule has 96 valence electrons. The van der Waals surface area contributed by atoms with E-state index in [-0.39, 0.29) is 11.5 Å². The molecule has 0 aromatic heterocycles. The summed E-state index contributed by atoms with van der Waals surface area (Å²) in [5.74, 6) is -1.29. The zero-order valence-corrected chi connectivity index (χ0v) is 10.8. The van der Waals surface area contributed by atoms with Crippen molar-refractivity contribution in [3.05, 3.63) is 11.1 Å². The lowest BCUT2D eigenvalue weighted by Gasteiger charge is -2.15. The van der Waals surface area contributed by atoms with E-state index < -0.39 is 5.97 Å². The summed E-state index contributed by atoms with van der Waals surface area (Å²) in [5.41, 5.74) is 0.703. The van der Waals surface area contributed by atoms with Crippen molar-refractivity contribution in [2.45, 2.75) is 46.5 Å². The van der Waals surface area contributed by atoms with Gasteiger partial charge in [0.1, 0.15) is 0 Å². The van der Waals surface area contributed by atoms with Crippen molar-refractivity contribution in [1.29, 1.82) is 0 Å². The average molecular weight is 239 g/mol. The number of carboxylic acid groups (broad SMARTS) is 1. The Kier molecular flexibility index (Phi) is 4.32. The van der Waals surface area contributed by atoms with Crippen LogP contribution in [0.1, 0.15) is 46.5 Å². The molecule has 1 aliphatic carbocycles. The second-order valence-corrected chi connectivity index (χ2v) is 4.99. The van der Waals surface area contributed by atoms with Crippen LogP contribution in [0.2, 0.25) is 0 Å². The van der Waals surface area contributed by atoms with Crippen molar-refractivity contribution in [3.8, 4) is 0 Å². The van der Waals surface area contributed by atoms with E-state index >= 15 is 0 Å². The molecule has 1 fully saturated rings. The molecule has 0 bridgehead atoms. The summed E-state index contributed by atoms with van der Waals surface area (Å²) < 4.78 is 0. The van der Waals surface area contributed by atoms with Crippen molar-refractivity contribution in [1.82, 2.24) is 5.32 Å². The number of carboxylic acids is 1. The Hall–Kier alpha value is -1.32. The number of nitrogens with one attached hydrogen (secondary N) is 1. The minimum Gasteiger partial charge on any atom is -0.478 e. The predicted molar refractivity (Wildman–Crippen MR) is 65.6 cm³/mol. The summed E-state index contributed by atoms with van der Waals surface area (Å²) in [6.45, 7) is 5.82. The first-order chi connectivity index (χ1) is 7.92. The minimum absolute atomic E-state index is 0.114. The lowest BCUT2D eigenvalue weighted by molar-refractivity contribution is -0.133. The Bertz CT molecular complexity index is 354. The van der Waals surface area contributed by atoms with Gasteiger partial charge in [-0.05, 0) is 38.5 Å². The Morgan fingerprint density at radius 2 is 1.82 bits per heavy atom. The maximum atomic E-state index is 11.7. The topological polar surface area (TPSA) is 66.4 Å². The molecular formula is C13H21NO3. The molecule has 0 aliphatic heterocycles. The van der Waals surface area contributed by atoms with Gasteiger partial charge in [0.25, 0.3) is 0 Å². The smallest absolute Gasteiger partial charge is 0.331 e. The number of hydrogen-bond donors (Lipinski definition) is 2. The van der Waals surface area contributed by atoms with E-state index in [4.69, 9.17) is 5.11 Å². The van der Waals surface area contributed by atoms with E-state index in [1.807, 2.05) is 0 Å². The fourth-order valence-corrected chi connectivity index (χ4v) is 1.95. The highest BCUT2D eigenvalue weighted by Gasteiger charge is 2.41. The molecule has 17 heavy (non-hydrogen) atoms. The van der Waals surface area contributed by atoms with Gasteiger partial charge in [-0.25, -0.2) is 4.79 Å². The molecule has 1 aliphatic rings. The predicted octanol–water partition coefficient (Wildman–Crippen LogP) is 2.10.